The van der Waals surface area contributed by atoms with E-state index < -0.39 is 0 Å². The summed E-state index contributed by atoms with van der Waals surface area (Å²) in [5, 5.41) is 9.94. The Labute approximate surface area is 339 Å². The second kappa shape index (κ2) is 13.8. The summed E-state index contributed by atoms with van der Waals surface area (Å²) in [6.07, 6.45) is 36.0. The Balaban J connectivity index is 0.842. The molecule has 8 aliphatic rings. The first kappa shape index (κ1) is 33.9. The number of allylic oxidation sites excluding steroid dienone is 8. The van der Waals surface area contributed by atoms with Gasteiger partial charge >= 0.3 is 0 Å². The van der Waals surface area contributed by atoms with E-state index >= 15 is 0 Å². The van der Waals surface area contributed by atoms with Crippen LogP contribution in [-0.2, 0) is 11.2 Å². The molecule has 4 heterocycles. The second-order valence-corrected chi connectivity index (χ2v) is 18.1. The molecule has 2 saturated heterocycles. The Morgan fingerprint density at radius 3 is 2.54 bits per heavy atom. The van der Waals surface area contributed by atoms with E-state index in [0.29, 0.717) is 34.2 Å². The van der Waals surface area contributed by atoms with Gasteiger partial charge in [0.05, 0.1) is 23.8 Å². The van der Waals surface area contributed by atoms with Crippen LogP contribution in [0.15, 0.2) is 174 Å². The van der Waals surface area contributed by atoms with Crippen LogP contribution >= 0.6 is 11.8 Å². The van der Waals surface area contributed by atoms with E-state index in [1.165, 1.54) is 50.0 Å². The standard InChI is InChI=1S/C51H46N4OS/c1-3-12-31(13-4-1)33-22-25-37-36-16-7-9-20-43(36)55(44(37)28-33)35-24-27-39-38-26-23-34(29-45(38)56-46(39)30-35)50-52-49(32-14-5-2-6-15-32)53-51(54-50)42-19-11-18-41-40-17-8-10-21-47(40)57-48(41)42/h1-8,10-19,21-29,35,38-41,45-50,52H,9,20,30H2,(H,53,54). The number of rotatable bonds is 5. The minimum Gasteiger partial charge on any atom is -0.370 e. The van der Waals surface area contributed by atoms with Gasteiger partial charge in [0.25, 0.3) is 0 Å². The Kier molecular flexibility index (Phi) is 8.20. The molecule has 12 rings (SSSR count). The number of aromatic nitrogens is 1. The fourth-order valence-electron chi connectivity index (χ4n) is 10.9. The van der Waals surface area contributed by atoms with Crippen LogP contribution in [0.2, 0.25) is 0 Å². The molecular weight excluding hydrogens is 717 g/mol. The lowest BCUT2D eigenvalue weighted by atomic mass is 9.78. The number of amidine groups is 1. The molecule has 0 amide bonds. The SMILES string of the molecule is C1=CC2SC3C(C4=NC(C5=CC6OC7CC(n8c9c(c%10ccc(-c%11ccccc%11)cc%108)C=CCC9)C=CC7C6C=C5)NC(c5ccccc5)N4)=CC=CC3C2C=C1. The summed E-state index contributed by atoms with van der Waals surface area (Å²) in [7, 11) is 0. The van der Waals surface area contributed by atoms with Crippen LogP contribution in [0.5, 0.6) is 0 Å². The fraction of sp³-hybridized carbons (Fsp3) is 0.275. The summed E-state index contributed by atoms with van der Waals surface area (Å²) in [4.78, 5) is 5.48. The van der Waals surface area contributed by atoms with Crippen molar-refractivity contribution in [3.63, 3.8) is 0 Å². The molecule has 4 aromatic rings. The van der Waals surface area contributed by atoms with E-state index in [9.17, 15) is 0 Å². The van der Waals surface area contributed by atoms with Crippen LogP contribution in [0.25, 0.3) is 28.1 Å². The van der Waals surface area contributed by atoms with Gasteiger partial charge in [0.2, 0.25) is 0 Å². The third-order valence-corrected chi connectivity index (χ3v) is 15.3. The molecule has 2 N–H and O–H groups in total. The van der Waals surface area contributed by atoms with Gasteiger partial charge in [0, 0.05) is 56.4 Å². The molecule has 11 unspecified atom stereocenters. The maximum atomic E-state index is 7.10. The minimum atomic E-state index is -0.193. The molecule has 2 fully saturated rings. The highest BCUT2D eigenvalue weighted by Crippen LogP contribution is 2.51. The molecule has 5 aliphatic carbocycles. The number of fused-ring (bicyclic) bond motifs is 9. The van der Waals surface area contributed by atoms with Crippen molar-refractivity contribution in [1.29, 1.82) is 0 Å². The summed E-state index contributed by atoms with van der Waals surface area (Å²) < 4.78 is 9.75. The van der Waals surface area contributed by atoms with Gasteiger partial charge in [-0.2, -0.15) is 0 Å². The van der Waals surface area contributed by atoms with E-state index in [0.717, 1.165) is 25.1 Å². The van der Waals surface area contributed by atoms with E-state index in [4.69, 9.17) is 9.73 Å². The second-order valence-electron chi connectivity index (χ2n) is 16.8. The summed E-state index contributed by atoms with van der Waals surface area (Å²) in [6, 6.07) is 28.8. The topological polar surface area (TPSA) is 50.6 Å². The summed E-state index contributed by atoms with van der Waals surface area (Å²) in [6.45, 7) is 0. The lowest BCUT2D eigenvalue weighted by Gasteiger charge is -2.36. The number of hydrogen-bond acceptors (Lipinski definition) is 5. The lowest BCUT2D eigenvalue weighted by Crippen LogP contribution is -2.50. The molecule has 0 bridgehead atoms. The zero-order valence-electron chi connectivity index (χ0n) is 31.8. The maximum Gasteiger partial charge on any atom is 0.129 e. The quantitative estimate of drug-likeness (QED) is 0.199. The van der Waals surface area contributed by atoms with E-state index in [2.05, 4.69) is 191 Å². The lowest BCUT2D eigenvalue weighted by molar-refractivity contribution is 0.0449. The summed E-state index contributed by atoms with van der Waals surface area (Å²) >= 11 is 2.09. The maximum absolute atomic E-state index is 7.10. The van der Waals surface area contributed by atoms with Crippen LogP contribution < -0.4 is 10.6 Å². The molecule has 11 atom stereocenters. The monoisotopic (exact) mass is 762 g/mol. The van der Waals surface area contributed by atoms with E-state index in [1.807, 2.05) is 0 Å². The molecule has 3 aromatic carbocycles. The molecule has 6 heteroatoms. The van der Waals surface area contributed by atoms with Gasteiger partial charge in [0.1, 0.15) is 18.2 Å². The third-order valence-electron chi connectivity index (χ3n) is 13.6. The van der Waals surface area contributed by atoms with Gasteiger partial charge < -0.3 is 14.6 Å². The first-order chi connectivity index (χ1) is 28.2. The minimum absolute atomic E-state index is 0.0187. The van der Waals surface area contributed by atoms with Gasteiger partial charge in [0.15, 0.2) is 0 Å². The Hall–Kier alpha value is -5.14. The molecule has 0 spiro atoms. The molecular formula is C51H46N4OS. The first-order valence-electron chi connectivity index (χ1n) is 20.9. The van der Waals surface area contributed by atoms with Crippen molar-refractivity contribution in [2.24, 2.45) is 28.7 Å². The molecule has 1 aromatic heterocycles. The van der Waals surface area contributed by atoms with Crippen LogP contribution in [-0.4, -0.2) is 39.3 Å². The fourth-order valence-corrected chi connectivity index (χ4v) is 12.7. The number of aliphatic imine (C=N–C) groups is 1. The van der Waals surface area contributed by atoms with Crippen molar-refractivity contribution in [3.8, 4) is 11.1 Å². The zero-order valence-corrected chi connectivity index (χ0v) is 32.6. The Morgan fingerprint density at radius 2 is 1.63 bits per heavy atom. The number of benzene rings is 3. The highest BCUT2D eigenvalue weighted by Gasteiger charge is 2.47. The Bertz CT molecular complexity index is 2530. The molecule has 3 aliphatic heterocycles. The number of ether oxygens (including phenoxy) is 1. The van der Waals surface area contributed by atoms with Gasteiger partial charge in [-0.3, -0.25) is 5.32 Å². The normalized spacial score (nSPS) is 34.1. The highest BCUT2D eigenvalue weighted by molar-refractivity contribution is 8.01. The molecule has 0 saturated carbocycles. The Morgan fingerprint density at radius 1 is 0.772 bits per heavy atom. The van der Waals surface area contributed by atoms with Gasteiger partial charge in [-0.05, 0) is 53.7 Å². The van der Waals surface area contributed by atoms with Crippen molar-refractivity contribution in [2.45, 2.75) is 60.3 Å². The zero-order chi connectivity index (χ0) is 37.5. The summed E-state index contributed by atoms with van der Waals surface area (Å²) in [5.74, 6) is 2.67. The van der Waals surface area contributed by atoms with Crippen molar-refractivity contribution < 1.29 is 4.74 Å². The number of thioether (sulfide) groups is 1. The van der Waals surface area contributed by atoms with Crippen molar-refractivity contribution in [1.82, 2.24) is 15.2 Å². The molecule has 282 valence electrons. The van der Waals surface area contributed by atoms with Gasteiger partial charge in [-0.15, -0.1) is 11.8 Å². The van der Waals surface area contributed by atoms with Crippen LogP contribution in [0.3, 0.4) is 0 Å². The number of nitrogens with one attached hydrogen (secondary N) is 2. The number of nitrogens with zero attached hydrogens (tertiary/aromatic N) is 2. The van der Waals surface area contributed by atoms with E-state index in [-0.39, 0.29) is 30.6 Å². The van der Waals surface area contributed by atoms with Gasteiger partial charge in [-0.1, -0.05) is 152 Å². The van der Waals surface area contributed by atoms with Crippen LogP contribution in [0, 0.1) is 23.7 Å². The predicted molar refractivity (Wildman–Crippen MR) is 235 cm³/mol. The average Bonchev–Trinajstić information content (AvgIpc) is 3.95. The molecule has 0 radical (unpaired) electrons. The van der Waals surface area contributed by atoms with Crippen molar-refractivity contribution in [3.05, 3.63) is 186 Å². The predicted octanol–water partition coefficient (Wildman–Crippen LogP) is 10.2. The van der Waals surface area contributed by atoms with Crippen molar-refractivity contribution in [2.75, 3.05) is 0 Å². The van der Waals surface area contributed by atoms with Crippen LogP contribution in [0.4, 0.5) is 0 Å². The summed E-state index contributed by atoms with van der Waals surface area (Å²) in [5.41, 5.74) is 10.4. The average molecular weight is 763 g/mol. The van der Waals surface area contributed by atoms with Crippen molar-refractivity contribution >= 4 is 34.6 Å². The highest BCUT2D eigenvalue weighted by atomic mass is 32.2. The smallest absolute Gasteiger partial charge is 0.129 e. The molecule has 57 heavy (non-hydrogen) atoms. The first-order valence-corrected chi connectivity index (χ1v) is 21.8. The number of hydrogen-bond donors (Lipinski definition) is 2. The van der Waals surface area contributed by atoms with E-state index in [1.54, 1.807) is 0 Å². The molecule has 5 nitrogen and oxygen atoms in total. The largest absolute Gasteiger partial charge is 0.370 e. The van der Waals surface area contributed by atoms with Crippen LogP contribution in [0.1, 0.15) is 41.9 Å². The third kappa shape index (κ3) is 5.71. The van der Waals surface area contributed by atoms with Gasteiger partial charge in [-0.25, -0.2) is 4.99 Å².